The molecule has 0 aromatic heterocycles. The normalized spacial score (nSPS) is 14.1. The zero-order valence-corrected chi connectivity index (χ0v) is 16.5. The third-order valence-corrected chi connectivity index (χ3v) is 5.43. The highest BCUT2D eigenvalue weighted by Crippen LogP contribution is 2.21. The Morgan fingerprint density at radius 3 is 2.46 bits per heavy atom. The molecule has 0 aliphatic carbocycles. The van der Waals surface area contributed by atoms with Crippen LogP contribution in [0.5, 0.6) is 0 Å². The van der Waals surface area contributed by atoms with Crippen LogP contribution in [-0.4, -0.2) is 42.4 Å². The van der Waals surface area contributed by atoms with Crippen molar-refractivity contribution in [3.63, 3.8) is 0 Å². The molecule has 0 spiro atoms. The molecule has 0 saturated carbocycles. The molecule has 152 valence electrons. The summed E-state index contributed by atoms with van der Waals surface area (Å²) in [5.41, 5.74) is 7.31. The molecule has 0 aliphatic heterocycles. The predicted molar refractivity (Wildman–Crippen MR) is 106 cm³/mol. The maximum atomic E-state index is 12.8. The molecule has 3 N–H and O–H groups in total. The number of hydrogen-bond acceptors (Lipinski definition) is 5. The van der Waals surface area contributed by atoms with Gasteiger partial charge in [-0.25, -0.2) is 9.18 Å². The molecular formula is C20H25FN2O4S. The molecule has 0 fully saturated rings. The van der Waals surface area contributed by atoms with Crippen LogP contribution in [0.15, 0.2) is 59.5 Å². The second-order valence-corrected chi connectivity index (χ2v) is 7.65. The number of ether oxygens (including phenoxy) is 2. The number of amides is 1. The van der Waals surface area contributed by atoms with Crippen LogP contribution >= 0.6 is 0 Å². The summed E-state index contributed by atoms with van der Waals surface area (Å²) >= 11 is 0. The van der Waals surface area contributed by atoms with Gasteiger partial charge in [-0.1, -0.05) is 42.5 Å². The second kappa shape index (κ2) is 11.5. The second-order valence-electron chi connectivity index (χ2n) is 6.08. The van der Waals surface area contributed by atoms with E-state index in [1.807, 2.05) is 30.3 Å². The van der Waals surface area contributed by atoms with Crippen molar-refractivity contribution in [2.75, 3.05) is 26.1 Å². The monoisotopic (exact) mass is 408 g/mol. The van der Waals surface area contributed by atoms with Crippen LogP contribution < -0.4 is 11.1 Å². The highest BCUT2D eigenvalue weighted by molar-refractivity contribution is 7.85. The molecule has 6 nitrogen and oxygen atoms in total. The molecule has 2 aromatic carbocycles. The number of alkyl halides is 1. The maximum absolute atomic E-state index is 12.8. The van der Waals surface area contributed by atoms with Crippen LogP contribution in [0.1, 0.15) is 17.2 Å². The van der Waals surface area contributed by atoms with Gasteiger partial charge in [0, 0.05) is 24.3 Å². The molecular weight excluding hydrogens is 383 g/mol. The molecule has 0 heterocycles. The number of nitrogens with two attached hydrogens (primary N) is 1. The van der Waals surface area contributed by atoms with Gasteiger partial charge in [-0.2, -0.15) is 0 Å². The molecule has 3 unspecified atom stereocenters. The Bertz CT molecular complexity index is 759. The molecule has 2 rings (SSSR count). The number of hydrogen-bond donors (Lipinski definition) is 2. The number of rotatable bonds is 10. The van der Waals surface area contributed by atoms with Crippen LogP contribution in [0.25, 0.3) is 0 Å². The Balaban J connectivity index is 1.77. The summed E-state index contributed by atoms with van der Waals surface area (Å²) < 4.78 is 35.5. The van der Waals surface area contributed by atoms with Crippen molar-refractivity contribution >= 4 is 16.9 Å². The molecule has 28 heavy (non-hydrogen) atoms. The summed E-state index contributed by atoms with van der Waals surface area (Å²) in [4.78, 5) is 12.3. The van der Waals surface area contributed by atoms with Crippen molar-refractivity contribution in [3.05, 3.63) is 65.7 Å². The van der Waals surface area contributed by atoms with Gasteiger partial charge in [-0.15, -0.1) is 0 Å². The first-order valence-electron chi connectivity index (χ1n) is 8.82. The number of methoxy groups -OCH3 is 1. The van der Waals surface area contributed by atoms with Gasteiger partial charge in [0.1, 0.15) is 13.3 Å². The first-order chi connectivity index (χ1) is 13.5. The Morgan fingerprint density at radius 1 is 1.18 bits per heavy atom. The van der Waals surface area contributed by atoms with Crippen LogP contribution in [0, 0.1) is 0 Å². The fourth-order valence-corrected chi connectivity index (χ4v) is 3.55. The lowest BCUT2D eigenvalue weighted by Gasteiger charge is -2.20. The number of nitrogens with one attached hydrogen (secondary N) is 1. The lowest BCUT2D eigenvalue weighted by molar-refractivity contribution is 0.0720. The van der Waals surface area contributed by atoms with Crippen molar-refractivity contribution in [2.24, 2.45) is 5.73 Å². The molecule has 0 bridgehead atoms. The van der Waals surface area contributed by atoms with Crippen LogP contribution in [0.4, 0.5) is 9.18 Å². The number of carbonyl (C=O) groups is 1. The number of carbonyl (C=O) groups excluding carboxylic acids is 1. The highest BCUT2D eigenvalue weighted by atomic mass is 32.2. The molecule has 0 radical (unpaired) electrons. The van der Waals surface area contributed by atoms with Gasteiger partial charge in [0.05, 0.1) is 22.9 Å². The summed E-state index contributed by atoms with van der Waals surface area (Å²) in [6, 6.07) is 15.4. The Morgan fingerprint density at radius 2 is 1.86 bits per heavy atom. The van der Waals surface area contributed by atoms with Crippen LogP contribution in [-0.2, 0) is 26.9 Å². The average molecular weight is 408 g/mol. The summed E-state index contributed by atoms with van der Waals surface area (Å²) in [6.07, 6.45) is -1.12. The lowest BCUT2D eigenvalue weighted by atomic mass is 10.0. The largest absolute Gasteiger partial charge is 0.445 e. The van der Waals surface area contributed by atoms with E-state index >= 15 is 0 Å². The number of halogens is 1. The minimum absolute atomic E-state index is 0.179. The fourth-order valence-electron chi connectivity index (χ4n) is 2.59. The van der Waals surface area contributed by atoms with Crippen LogP contribution in [0.3, 0.4) is 0 Å². The SMILES string of the molecule is COC(c1ccc(S(=O)CCNC(=O)OCc2ccccc2)cc1)C(N)CF. The molecule has 8 heteroatoms. The third kappa shape index (κ3) is 6.70. The van der Waals surface area contributed by atoms with Crippen molar-refractivity contribution in [2.45, 2.75) is 23.6 Å². The summed E-state index contributed by atoms with van der Waals surface area (Å²) in [7, 11) is 0.175. The van der Waals surface area contributed by atoms with E-state index in [0.717, 1.165) is 11.1 Å². The third-order valence-electron chi connectivity index (χ3n) is 4.06. The van der Waals surface area contributed by atoms with Gasteiger partial charge < -0.3 is 20.5 Å². The standard InChI is InChI=1S/C20H25FN2O4S/c1-26-19(18(22)13-21)16-7-9-17(10-8-16)28(25)12-11-23-20(24)27-14-15-5-3-2-4-6-15/h2-10,18-19H,11-14,22H2,1H3,(H,23,24). The fraction of sp³-hybridized carbons (Fsp3) is 0.350. The minimum Gasteiger partial charge on any atom is -0.445 e. The van der Waals surface area contributed by atoms with E-state index in [-0.39, 0.29) is 18.9 Å². The van der Waals surface area contributed by atoms with Gasteiger partial charge in [0.25, 0.3) is 0 Å². The molecule has 2 aromatic rings. The smallest absolute Gasteiger partial charge is 0.407 e. The van der Waals surface area contributed by atoms with Gasteiger partial charge in [0.15, 0.2) is 0 Å². The Hall–Kier alpha value is -2.29. The van der Waals surface area contributed by atoms with Gasteiger partial charge in [-0.05, 0) is 23.3 Å². The zero-order chi connectivity index (χ0) is 20.4. The van der Waals surface area contributed by atoms with Crippen molar-refractivity contribution in [1.82, 2.24) is 5.32 Å². The first kappa shape index (κ1) is 22.0. The minimum atomic E-state index is -1.29. The molecule has 0 aliphatic rings. The van der Waals surface area contributed by atoms with E-state index in [4.69, 9.17) is 15.2 Å². The topological polar surface area (TPSA) is 90.6 Å². The quantitative estimate of drug-likeness (QED) is 0.631. The zero-order valence-electron chi connectivity index (χ0n) is 15.7. The van der Waals surface area contributed by atoms with Crippen molar-refractivity contribution in [1.29, 1.82) is 0 Å². The Labute approximate surface area is 166 Å². The van der Waals surface area contributed by atoms with E-state index in [1.54, 1.807) is 24.3 Å². The summed E-state index contributed by atoms with van der Waals surface area (Å²) in [5.74, 6) is 0.248. The Kier molecular flexibility index (Phi) is 9.06. The molecule has 0 saturated heterocycles. The predicted octanol–water partition coefficient (Wildman–Crippen LogP) is 2.70. The van der Waals surface area contributed by atoms with Gasteiger partial charge >= 0.3 is 6.09 Å². The number of alkyl carbamates (subject to hydrolysis) is 1. The van der Waals surface area contributed by atoms with Gasteiger partial charge in [-0.3, -0.25) is 4.21 Å². The van der Waals surface area contributed by atoms with E-state index < -0.39 is 35.7 Å². The number of benzene rings is 2. The van der Waals surface area contributed by atoms with Crippen molar-refractivity contribution in [3.8, 4) is 0 Å². The van der Waals surface area contributed by atoms with Gasteiger partial charge in [0.2, 0.25) is 0 Å². The highest BCUT2D eigenvalue weighted by Gasteiger charge is 2.19. The maximum Gasteiger partial charge on any atom is 0.407 e. The van der Waals surface area contributed by atoms with E-state index in [1.165, 1.54) is 7.11 Å². The summed E-state index contributed by atoms with van der Waals surface area (Å²) in [6.45, 7) is -0.299. The van der Waals surface area contributed by atoms with Crippen molar-refractivity contribution < 1.29 is 22.9 Å². The molecule has 3 atom stereocenters. The summed E-state index contributed by atoms with van der Waals surface area (Å²) in [5, 5.41) is 2.58. The van der Waals surface area contributed by atoms with E-state index in [9.17, 15) is 13.4 Å². The van der Waals surface area contributed by atoms with E-state index in [2.05, 4.69) is 5.32 Å². The first-order valence-corrected chi connectivity index (χ1v) is 10.1. The average Bonchev–Trinajstić information content (AvgIpc) is 2.73. The van der Waals surface area contributed by atoms with E-state index in [0.29, 0.717) is 4.90 Å². The molecule has 1 amide bonds. The lowest BCUT2D eigenvalue weighted by Crippen LogP contribution is -2.31. The van der Waals surface area contributed by atoms with Crippen LogP contribution in [0.2, 0.25) is 0 Å².